The minimum atomic E-state index is -2.19. The number of rotatable bonds is 5. The van der Waals surface area contributed by atoms with Crippen molar-refractivity contribution in [2.45, 2.75) is 147 Å². The lowest BCUT2D eigenvalue weighted by Crippen LogP contribution is -2.57. The topological polar surface area (TPSA) is 106 Å². The van der Waals surface area contributed by atoms with Crippen molar-refractivity contribution in [2.75, 3.05) is 0 Å². The molecular weight excluding hydrogens is 454 g/mol. The predicted molar refractivity (Wildman–Crippen MR) is 136 cm³/mol. The quantitative estimate of drug-likeness (QED) is 0.211. The van der Waals surface area contributed by atoms with Crippen LogP contribution in [0.15, 0.2) is 5.11 Å². The maximum absolute atomic E-state index is 11.1. The van der Waals surface area contributed by atoms with E-state index in [1.165, 1.54) is 0 Å². The number of hydrogen-bond acceptors (Lipinski definition) is 6. The second-order valence-electron chi connectivity index (χ2n) is 13.2. The lowest BCUT2D eigenvalue weighted by molar-refractivity contribution is -0.159. The van der Waals surface area contributed by atoms with Gasteiger partial charge >= 0.3 is 0 Å². The van der Waals surface area contributed by atoms with Gasteiger partial charge in [-0.25, -0.2) is 0 Å². The Balaban J connectivity index is 2.53. The third kappa shape index (κ3) is 6.61. The average molecular weight is 502 g/mol. The minimum absolute atomic E-state index is 0.00789. The zero-order valence-corrected chi connectivity index (χ0v) is 24.8. The molecule has 0 amide bonds. The molecule has 0 aromatic rings. The van der Waals surface area contributed by atoms with E-state index in [9.17, 15) is 10.6 Å². The molecule has 0 bridgehead atoms. The zero-order valence-electron chi connectivity index (χ0n) is 22.8. The van der Waals surface area contributed by atoms with Gasteiger partial charge in [-0.15, -0.1) is 0 Å². The van der Waals surface area contributed by atoms with Crippen LogP contribution in [0.5, 0.6) is 0 Å². The van der Waals surface area contributed by atoms with E-state index in [1.54, 1.807) is 0 Å². The van der Waals surface area contributed by atoms with Crippen molar-refractivity contribution in [3.05, 3.63) is 10.4 Å². The van der Waals surface area contributed by atoms with E-state index in [0.29, 0.717) is 12.8 Å². The van der Waals surface area contributed by atoms with Crippen LogP contribution in [0.3, 0.4) is 0 Å². The zero-order chi connectivity index (χ0) is 25.6. The maximum Gasteiger partial charge on any atom is 0.192 e. The average Bonchev–Trinajstić information content (AvgIpc) is 2.92. The van der Waals surface area contributed by atoms with Gasteiger partial charge in [-0.1, -0.05) is 46.7 Å². The summed E-state index contributed by atoms with van der Waals surface area (Å²) in [5.74, 6) is -0.803. The number of azide groups is 1. The standard InChI is InChI=1S/C23H47N3O5Si2/c1-21(2,3)32(9,10)30-17-13-15(25-26-24)16(27)14-18(31-33(11,12)22(4,5)6)20-19(17)28-23(7,8)29-20/h15-20,27H,13-14H2,1-12H3/t15-,16-,17-,18-,19-,20-/m1/s1. The molecule has 1 saturated carbocycles. The van der Waals surface area contributed by atoms with E-state index in [0.717, 1.165) is 0 Å². The normalized spacial score (nSPS) is 33.6. The molecule has 1 N–H and O–H groups in total. The molecule has 2 fully saturated rings. The molecule has 1 saturated heterocycles. The number of aliphatic hydroxyl groups excluding tert-OH is 1. The highest BCUT2D eigenvalue weighted by atomic mass is 28.4. The molecule has 0 unspecified atom stereocenters. The van der Waals surface area contributed by atoms with Crippen LogP contribution < -0.4 is 0 Å². The van der Waals surface area contributed by atoms with Gasteiger partial charge < -0.3 is 23.4 Å². The lowest BCUT2D eigenvalue weighted by Gasteiger charge is -2.46. The number of hydrogen-bond donors (Lipinski definition) is 1. The SMILES string of the molecule is CC1(C)O[C@H]2[C@H](O1)[C@H](O[Si](C)(C)C(C)(C)C)C[C@@H](N=[N+]=[N-])[C@H](O)C[C@H]2O[Si](C)(C)C(C)(C)C. The summed E-state index contributed by atoms with van der Waals surface area (Å²) in [5, 5.41) is 15.1. The first-order chi connectivity index (χ1) is 14.7. The summed E-state index contributed by atoms with van der Waals surface area (Å²) in [6, 6.07) is -0.622. The van der Waals surface area contributed by atoms with Crippen LogP contribution in [0, 0.1) is 0 Å². The van der Waals surface area contributed by atoms with E-state index >= 15 is 0 Å². The highest BCUT2D eigenvalue weighted by molar-refractivity contribution is 6.74. The summed E-state index contributed by atoms with van der Waals surface area (Å²) >= 11 is 0. The van der Waals surface area contributed by atoms with Gasteiger partial charge in [0.05, 0.1) is 24.4 Å². The molecule has 10 heteroatoms. The van der Waals surface area contributed by atoms with Crippen molar-refractivity contribution in [3.8, 4) is 0 Å². The second kappa shape index (κ2) is 9.54. The molecule has 0 spiro atoms. The van der Waals surface area contributed by atoms with E-state index in [2.05, 4.69) is 77.8 Å². The molecule has 6 atom stereocenters. The Kier molecular flexibility index (Phi) is 8.32. The fourth-order valence-electron chi connectivity index (χ4n) is 3.98. The molecule has 0 aromatic heterocycles. The molecule has 1 heterocycles. The molecule has 33 heavy (non-hydrogen) atoms. The van der Waals surface area contributed by atoms with Crippen LogP contribution >= 0.6 is 0 Å². The molecule has 192 valence electrons. The summed E-state index contributed by atoms with van der Waals surface area (Å²) in [4.78, 5) is 3.03. The third-order valence-corrected chi connectivity index (χ3v) is 17.0. The molecule has 0 aromatic carbocycles. The van der Waals surface area contributed by atoms with Crippen molar-refractivity contribution < 1.29 is 23.4 Å². The molecule has 1 aliphatic carbocycles. The summed E-state index contributed by atoms with van der Waals surface area (Å²) in [5.41, 5.74) is 9.21. The first-order valence-corrected chi connectivity index (χ1v) is 18.0. The van der Waals surface area contributed by atoms with Gasteiger partial charge in [0.25, 0.3) is 0 Å². The van der Waals surface area contributed by atoms with Crippen LogP contribution in [-0.2, 0) is 18.3 Å². The van der Waals surface area contributed by atoms with Crippen molar-refractivity contribution in [1.29, 1.82) is 0 Å². The molecule has 0 radical (unpaired) electrons. The monoisotopic (exact) mass is 501 g/mol. The molecule has 2 aliphatic rings. The van der Waals surface area contributed by atoms with Crippen LogP contribution in [0.25, 0.3) is 10.4 Å². The van der Waals surface area contributed by atoms with Crippen LogP contribution in [0.4, 0.5) is 0 Å². The van der Waals surface area contributed by atoms with Gasteiger partial charge in [-0.3, -0.25) is 0 Å². The number of fused-ring (bicyclic) bond motifs is 1. The first kappa shape index (κ1) is 28.8. The Morgan fingerprint density at radius 1 is 0.879 bits per heavy atom. The predicted octanol–water partition coefficient (Wildman–Crippen LogP) is 6.12. The van der Waals surface area contributed by atoms with Gasteiger partial charge in [0.2, 0.25) is 0 Å². The second-order valence-corrected chi connectivity index (χ2v) is 22.7. The number of aliphatic hydroxyl groups is 1. The lowest BCUT2D eigenvalue weighted by atomic mass is 9.88. The third-order valence-electron chi connectivity index (χ3n) is 7.99. The maximum atomic E-state index is 11.1. The van der Waals surface area contributed by atoms with E-state index in [1.807, 2.05) is 13.8 Å². The Morgan fingerprint density at radius 3 is 1.64 bits per heavy atom. The summed E-state index contributed by atoms with van der Waals surface area (Å²) in [6.45, 7) is 25.8. The van der Waals surface area contributed by atoms with Gasteiger partial charge in [-0.2, -0.15) is 0 Å². The van der Waals surface area contributed by atoms with Gasteiger partial charge in [0, 0.05) is 11.3 Å². The van der Waals surface area contributed by atoms with Crippen molar-refractivity contribution >= 4 is 16.6 Å². The van der Waals surface area contributed by atoms with E-state index < -0.39 is 40.7 Å². The van der Waals surface area contributed by atoms with E-state index in [4.69, 9.17) is 18.3 Å². The molecule has 1 aliphatic heterocycles. The summed E-state index contributed by atoms with van der Waals surface area (Å²) < 4.78 is 26.6. The van der Waals surface area contributed by atoms with Crippen LogP contribution in [0.1, 0.15) is 68.2 Å². The summed E-state index contributed by atoms with van der Waals surface area (Å²) in [7, 11) is -4.38. The summed E-state index contributed by atoms with van der Waals surface area (Å²) in [6.07, 6.45) is -1.69. The Morgan fingerprint density at radius 2 is 1.27 bits per heavy atom. The smallest absolute Gasteiger partial charge is 0.192 e. The first-order valence-electron chi connectivity index (χ1n) is 12.1. The Hall–Kier alpha value is -0.456. The Bertz CT molecular complexity index is 741. The molecule has 2 rings (SSSR count). The highest BCUT2D eigenvalue weighted by Crippen LogP contribution is 2.45. The van der Waals surface area contributed by atoms with E-state index in [-0.39, 0.29) is 28.4 Å². The highest BCUT2D eigenvalue weighted by Gasteiger charge is 2.55. The van der Waals surface area contributed by atoms with Gasteiger partial charge in [-0.05, 0) is 62.1 Å². The van der Waals surface area contributed by atoms with Crippen LogP contribution in [-0.4, -0.2) is 64.1 Å². The number of ether oxygens (including phenoxy) is 2. The number of nitrogens with zero attached hydrogens (tertiary/aromatic N) is 3. The minimum Gasteiger partial charge on any atom is -0.411 e. The van der Waals surface area contributed by atoms with Crippen molar-refractivity contribution in [2.24, 2.45) is 5.11 Å². The fourth-order valence-corrected chi connectivity index (χ4v) is 6.66. The van der Waals surface area contributed by atoms with Crippen molar-refractivity contribution in [1.82, 2.24) is 0 Å². The van der Waals surface area contributed by atoms with Crippen LogP contribution in [0.2, 0.25) is 36.3 Å². The fraction of sp³-hybridized carbons (Fsp3) is 1.00. The van der Waals surface area contributed by atoms with Gasteiger partial charge in [0.1, 0.15) is 12.2 Å². The molecule has 8 nitrogen and oxygen atoms in total. The molecular formula is C23H47N3O5Si2. The van der Waals surface area contributed by atoms with Gasteiger partial charge in [0.15, 0.2) is 22.4 Å². The Labute approximate surface area is 202 Å². The largest absolute Gasteiger partial charge is 0.411 e. The van der Waals surface area contributed by atoms with Crippen molar-refractivity contribution in [3.63, 3.8) is 0 Å².